The summed E-state index contributed by atoms with van der Waals surface area (Å²) in [7, 11) is 1.48. The van der Waals surface area contributed by atoms with Crippen molar-refractivity contribution in [1.29, 1.82) is 0 Å². The van der Waals surface area contributed by atoms with Crippen molar-refractivity contribution < 1.29 is 0 Å². The molecule has 2 aromatic rings. The third kappa shape index (κ3) is 1.74. The van der Waals surface area contributed by atoms with Crippen LogP contribution in [-0.2, 0) is 0 Å². The largest absolute Gasteiger partial charge is 0.253 e. The Morgan fingerprint density at radius 2 is 2.00 bits per heavy atom. The SMILES string of the molecule is Cc1ccc2nc(C)cc(SS)c2c1. The molecule has 0 amide bonds. The molecule has 0 saturated carbocycles. The molecule has 0 spiro atoms. The normalized spacial score (nSPS) is 10.8. The van der Waals surface area contributed by atoms with Crippen molar-refractivity contribution in [1.82, 2.24) is 4.98 Å². The fourth-order valence-electron chi connectivity index (χ4n) is 1.51. The summed E-state index contributed by atoms with van der Waals surface area (Å²) in [5, 5.41) is 1.19. The minimum Gasteiger partial charge on any atom is -0.253 e. The van der Waals surface area contributed by atoms with E-state index in [1.807, 2.05) is 6.92 Å². The van der Waals surface area contributed by atoms with E-state index >= 15 is 0 Å². The highest BCUT2D eigenvalue weighted by Gasteiger charge is 2.03. The van der Waals surface area contributed by atoms with Crippen molar-refractivity contribution in [3.05, 3.63) is 35.5 Å². The molecule has 14 heavy (non-hydrogen) atoms. The number of hydrogen-bond donors (Lipinski definition) is 1. The van der Waals surface area contributed by atoms with Crippen LogP contribution in [0.5, 0.6) is 0 Å². The fraction of sp³-hybridized carbons (Fsp3) is 0.182. The number of aromatic nitrogens is 1. The van der Waals surface area contributed by atoms with E-state index < -0.39 is 0 Å². The molecule has 0 bridgehead atoms. The zero-order valence-corrected chi connectivity index (χ0v) is 9.82. The molecule has 1 aromatic carbocycles. The predicted molar refractivity (Wildman–Crippen MR) is 66.1 cm³/mol. The number of pyridine rings is 1. The van der Waals surface area contributed by atoms with Gasteiger partial charge in [-0.1, -0.05) is 22.4 Å². The van der Waals surface area contributed by atoms with Crippen molar-refractivity contribution in [3.8, 4) is 0 Å². The summed E-state index contributed by atoms with van der Waals surface area (Å²) in [6.07, 6.45) is 0. The minimum absolute atomic E-state index is 1.04. The molecular weight excluding hydrogens is 210 g/mol. The van der Waals surface area contributed by atoms with Gasteiger partial charge < -0.3 is 0 Å². The molecule has 1 heterocycles. The molecule has 0 aliphatic rings. The number of aryl methyl sites for hydroxylation is 2. The Hall–Kier alpha value is -0.670. The van der Waals surface area contributed by atoms with Crippen LogP contribution in [0.3, 0.4) is 0 Å². The number of benzene rings is 1. The first-order valence-corrected chi connectivity index (χ1v) is 6.27. The van der Waals surface area contributed by atoms with Crippen LogP contribution in [0.25, 0.3) is 10.9 Å². The van der Waals surface area contributed by atoms with Gasteiger partial charge in [0, 0.05) is 16.0 Å². The van der Waals surface area contributed by atoms with Gasteiger partial charge >= 0.3 is 0 Å². The third-order valence-corrected chi connectivity index (χ3v) is 3.28. The van der Waals surface area contributed by atoms with Crippen LogP contribution in [0.15, 0.2) is 29.2 Å². The molecule has 0 unspecified atom stereocenters. The maximum Gasteiger partial charge on any atom is 0.0716 e. The van der Waals surface area contributed by atoms with Crippen molar-refractivity contribution in [2.75, 3.05) is 0 Å². The molecule has 72 valence electrons. The Bertz CT molecular complexity index is 480. The number of nitrogens with zero attached hydrogens (tertiary/aromatic N) is 1. The van der Waals surface area contributed by atoms with Crippen LogP contribution in [-0.4, -0.2) is 4.98 Å². The van der Waals surface area contributed by atoms with E-state index in [2.05, 4.69) is 47.8 Å². The van der Waals surface area contributed by atoms with E-state index in [-0.39, 0.29) is 0 Å². The Morgan fingerprint density at radius 1 is 1.21 bits per heavy atom. The Morgan fingerprint density at radius 3 is 2.71 bits per heavy atom. The first kappa shape index (κ1) is 9.87. The van der Waals surface area contributed by atoms with Crippen LogP contribution < -0.4 is 0 Å². The maximum atomic E-state index is 4.48. The average molecular weight is 221 g/mol. The number of rotatable bonds is 1. The third-order valence-electron chi connectivity index (χ3n) is 2.15. The molecule has 1 aromatic heterocycles. The summed E-state index contributed by atoms with van der Waals surface area (Å²) in [5.74, 6) is 0. The maximum absolute atomic E-state index is 4.48. The fourth-order valence-corrected chi connectivity index (χ4v) is 2.45. The molecule has 3 heteroatoms. The minimum atomic E-state index is 1.04. The Labute approximate surface area is 92.7 Å². The lowest BCUT2D eigenvalue weighted by molar-refractivity contribution is 1.22. The van der Waals surface area contributed by atoms with Crippen LogP contribution in [0.1, 0.15) is 11.3 Å². The predicted octanol–water partition coefficient (Wildman–Crippen LogP) is 3.79. The van der Waals surface area contributed by atoms with Gasteiger partial charge in [0.15, 0.2) is 0 Å². The molecule has 2 rings (SSSR count). The summed E-state index contributed by atoms with van der Waals surface area (Å²) >= 11 is 4.26. The molecule has 0 N–H and O–H groups in total. The first-order chi connectivity index (χ1) is 6.70. The summed E-state index contributed by atoms with van der Waals surface area (Å²) in [5.41, 5.74) is 3.34. The molecular formula is C11H11NS2. The topological polar surface area (TPSA) is 12.9 Å². The van der Waals surface area contributed by atoms with E-state index in [0.717, 1.165) is 11.2 Å². The van der Waals surface area contributed by atoms with Crippen molar-refractivity contribution in [2.24, 2.45) is 0 Å². The van der Waals surface area contributed by atoms with Gasteiger partial charge in [-0.25, -0.2) is 0 Å². The number of thiol groups is 1. The van der Waals surface area contributed by atoms with Crippen molar-refractivity contribution in [3.63, 3.8) is 0 Å². The second kappa shape index (κ2) is 3.83. The highest BCUT2D eigenvalue weighted by molar-refractivity contribution is 8.68. The second-order valence-corrected chi connectivity index (χ2v) is 4.54. The number of fused-ring (bicyclic) bond motifs is 1. The van der Waals surface area contributed by atoms with E-state index in [9.17, 15) is 0 Å². The average Bonchev–Trinajstić information content (AvgIpc) is 2.17. The summed E-state index contributed by atoms with van der Waals surface area (Å²) in [6, 6.07) is 8.37. The highest BCUT2D eigenvalue weighted by atomic mass is 33.1. The van der Waals surface area contributed by atoms with E-state index in [1.165, 1.54) is 26.6 Å². The van der Waals surface area contributed by atoms with Crippen molar-refractivity contribution in [2.45, 2.75) is 18.7 Å². The van der Waals surface area contributed by atoms with Crippen molar-refractivity contribution >= 4 is 33.4 Å². The van der Waals surface area contributed by atoms with Gasteiger partial charge in [-0.2, -0.15) is 0 Å². The van der Waals surface area contributed by atoms with Crippen LogP contribution in [0, 0.1) is 13.8 Å². The van der Waals surface area contributed by atoms with Gasteiger partial charge in [0.2, 0.25) is 0 Å². The molecule has 0 aliphatic carbocycles. The summed E-state index contributed by atoms with van der Waals surface area (Å²) in [4.78, 5) is 5.66. The lowest BCUT2D eigenvalue weighted by Gasteiger charge is -2.05. The lowest BCUT2D eigenvalue weighted by Crippen LogP contribution is -1.86. The number of hydrogen-bond acceptors (Lipinski definition) is 3. The van der Waals surface area contributed by atoms with Gasteiger partial charge in [-0.15, -0.1) is 11.7 Å². The van der Waals surface area contributed by atoms with Gasteiger partial charge in [0.05, 0.1) is 5.52 Å². The van der Waals surface area contributed by atoms with Crippen LogP contribution >= 0.6 is 22.5 Å². The first-order valence-electron chi connectivity index (χ1n) is 4.40. The molecule has 0 fully saturated rings. The van der Waals surface area contributed by atoms with E-state index in [1.54, 1.807) is 0 Å². The smallest absolute Gasteiger partial charge is 0.0716 e. The summed E-state index contributed by atoms with van der Waals surface area (Å²) < 4.78 is 0. The summed E-state index contributed by atoms with van der Waals surface area (Å²) in [6.45, 7) is 4.10. The van der Waals surface area contributed by atoms with Gasteiger partial charge in [0.1, 0.15) is 0 Å². The quantitative estimate of drug-likeness (QED) is 0.581. The molecule has 0 aliphatic heterocycles. The monoisotopic (exact) mass is 221 g/mol. The molecule has 0 atom stereocenters. The lowest BCUT2D eigenvalue weighted by atomic mass is 10.1. The molecule has 0 saturated heterocycles. The zero-order valence-electron chi connectivity index (χ0n) is 8.11. The van der Waals surface area contributed by atoms with Gasteiger partial charge in [-0.05, 0) is 32.0 Å². The second-order valence-electron chi connectivity index (χ2n) is 3.37. The van der Waals surface area contributed by atoms with E-state index in [4.69, 9.17) is 0 Å². The van der Waals surface area contributed by atoms with Crippen LogP contribution in [0.2, 0.25) is 0 Å². The Kier molecular flexibility index (Phi) is 2.70. The van der Waals surface area contributed by atoms with Gasteiger partial charge in [0.25, 0.3) is 0 Å². The van der Waals surface area contributed by atoms with Gasteiger partial charge in [-0.3, -0.25) is 4.98 Å². The van der Waals surface area contributed by atoms with Crippen LogP contribution in [0.4, 0.5) is 0 Å². The van der Waals surface area contributed by atoms with E-state index in [0.29, 0.717) is 0 Å². The Balaban J connectivity index is 2.81. The molecule has 0 radical (unpaired) electrons. The zero-order chi connectivity index (χ0) is 10.1. The molecule has 1 nitrogen and oxygen atoms in total. The standard InChI is InChI=1S/C11H11NS2/c1-7-3-4-10-9(5-7)11(14-13)6-8(2)12-10/h3-6,13H,1-2H3. The highest BCUT2D eigenvalue weighted by Crippen LogP contribution is 2.30.